The first-order valence-electron chi connectivity index (χ1n) is 6.40. The zero-order valence-corrected chi connectivity index (χ0v) is 11.0. The van der Waals surface area contributed by atoms with Crippen LogP contribution in [0.3, 0.4) is 0 Å². The van der Waals surface area contributed by atoms with Gasteiger partial charge in [0, 0.05) is 24.7 Å². The number of fused-ring (bicyclic) bond motifs is 1. The van der Waals surface area contributed by atoms with Crippen molar-refractivity contribution >= 4 is 0 Å². The van der Waals surface area contributed by atoms with Gasteiger partial charge in [-0.05, 0) is 25.1 Å². The fourth-order valence-electron chi connectivity index (χ4n) is 2.65. The van der Waals surface area contributed by atoms with Gasteiger partial charge in [0.15, 0.2) is 0 Å². The minimum absolute atomic E-state index is 0.568. The van der Waals surface area contributed by atoms with Gasteiger partial charge in [-0.15, -0.1) is 0 Å². The lowest BCUT2D eigenvalue weighted by molar-refractivity contribution is -0.137. The Bertz CT molecular complexity index is 644. The fourth-order valence-corrected chi connectivity index (χ4v) is 2.65. The van der Waals surface area contributed by atoms with Gasteiger partial charge in [-0.3, -0.25) is 4.68 Å². The van der Waals surface area contributed by atoms with Crippen molar-refractivity contribution in [2.45, 2.75) is 19.1 Å². The highest BCUT2D eigenvalue weighted by Crippen LogP contribution is 2.34. The van der Waals surface area contributed by atoms with Crippen LogP contribution in [0.2, 0.25) is 0 Å². The molecular weight excluding hydrogens is 267 g/mol. The molecule has 20 heavy (non-hydrogen) atoms. The number of nitrogens with one attached hydrogen (secondary N) is 1. The number of hydrogen-bond acceptors (Lipinski definition) is 2. The maximum atomic E-state index is 12.8. The predicted octanol–water partition coefficient (Wildman–Crippen LogP) is 2.75. The summed E-state index contributed by atoms with van der Waals surface area (Å²) in [7, 11) is 1.77. The smallest absolute Gasteiger partial charge is 0.311 e. The summed E-state index contributed by atoms with van der Waals surface area (Å²) < 4.78 is 40.1. The summed E-state index contributed by atoms with van der Waals surface area (Å²) in [6, 6.07) is 5.43. The molecule has 0 saturated carbocycles. The van der Waals surface area contributed by atoms with Gasteiger partial charge >= 0.3 is 6.18 Å². The lowest BCUT2D eigenvalue weighted by Crippen LogP contribution is -2.23. The lowest BCUT2D eigenvalue weighted by atomic mass is 9.99. The van der Waals surface area contributed by atoms with Crippen LogP contribution in [0.15, 0.2) is 24.3 Å². The Morgan fingerprint density at radius 1 is 1.30 bits per heavy atom. The molecule has 0 bridgehead atoms. The van der Waals surface area contributed by atoms with E-state index < -0.39 is 11.7 Å². The topological polar surface area (TPSA) is 29.9 Å². The quantitative estimate of drug-likeness (QED) is 0.871. The standard InChI is InChI=1S/C14H14F3N3/c1-20-13(11-5-6-18-8-12(11)19-20)9-3-2-4-10(7-9)14(15,16)17/h2-4,7,18H,5-6,8H2,1H3. The van der Waals surface area contributed by atoms with Gasteiger partial charge in [0.1, 0.15) is 0 Å². The summed E-state index contributed by atoms with van der Waals surface area (Å²) >= 11 is 0. The van der Waals surface area contributed by atoms with E-state index in [-0.39, 0.29) is 0 Å². The van der Waals surface area contributed by atoms with Crippen molar-refractivity contribution in [3.8, 4) is 11.3 Å². The Morgan fingerprint density at radius 3 is 2.85 bits per heavy atom. The molecule has 1 N–H and O–H groups in total. The minimum Gasteiger partial charge on any atom is -0.311 e. The first-order valence-corrected chi connectivity index (χ1v) is 6.40. The number of hydrogen-bond donors (Lipinski definition) is 1. The Morgan fingerprint density at radius 2 is 2.10 bits per heavy atom. The molecule has 0 saturated heterocycles. The molecule has 3 rings (SSSR count). The summed E-state index contributed by atoms with van der Waals surface area (Å²) in [6.07, 6.45) is -3.54. The van der Waals surface area contributed by atoms with Gasteiger partial charge in [-0.2, -0.15) is 18.3 Å². The van der Waals surface area contributed by atoms with Crippen LogP contribution in [0.1, 0.15) is 16.8 Å². The Balaban J connectivity index is 2.12. The van der Waals surface area contributed by atoms with Crippen molar-refractivity contribution in [3.05, 3.63) is 41.1 Å². The zero-order chi connectivity index (χ0) is 14.3. The SMILES string of the molecule is Cn1nc2c(c1-c1cccc(C(F)(F)F)c1)CCNC2. The van der Waals surface area contributed by atoms with Crippen LogP contribution in [-0.4, -0.2) is 16.3 Å². The first kappa shape index (κ1) is 13.2. The summed E-state index contributed by atoms with van der Waals surface area (Å²) in [5.74, 6) is 0. The first-order chi connectivity index (χ1) is 9.47. The molecule has 1 aromatic heterocycles. The number of alkyl halides is 3. The summed E-state index contributed by atoms with van der Waals surface area (Å²) in [5, 5.41) is 7.61. The van der Waals surface area contributed by atoms with Gasteiger partial charge in [-0.25, -0.2) is 0 Å². The molecule has 0 amide bonds. The molecule has 106 valence electrons. The molecule has 0 radical (unpaired) electrons. The van der Waals surface area contributed by atoms with Crippen LogP contribution in [-0.2, 0) is 26.2 Å². The molecule has 3 nitrogen and oxygen atoms in total. The molecule has 0 fully saturated rings. The van der Waals surface area contributed by atoms with Crippen molar-refractivity contribution in [1.29, 1.82) is 0 Å². The fraction of sp³-hybridized carbons (Fsp3) is 0.357. The van der Waals surface area contributed by atoms with Crippen LogP contribution in [0.4, 0.5) is 13.2 Å². The highest BCUT2D eigenvalue weighted by molar-refractivity contribution is 5.66. The number of benzene rings is 1. The molecule has 0 unspecified atom stereocenters. The predicted molar refractivity (Wildman–Crippen MR) is 69.1 cm³/mol. The Hall–Kier alpha value is -1.82. The van der Waals surface area contributed by atoms with E-state index in [1.807, 2.05) is 0 Å². The monoisotopic (exact) mass is 281 g/mol. The molecule has 1 aliphatic rings. The van der Waals surface area contributed by atoms with Crippen molar-refractivity contribution in [1.82, 2.24) is 15.1 Å². The second-order valence-corrected chi connectivity index (χ2v) is 4.90. The molecule has 0 aliphatic carbocycles. The molecule has 2 heterocycles. The number of halogens is 3. The summed E-state index contributed by atoms with van der Waals surface area (Å²) in [6.45, 7) is 1.49. The summed E-state index contributed by atoms with van der Waals surface area (Å²) in [5.41, 5.74) is 2.70. The van der Waals surface area contributed by atoms with Crippen molar-refractivity contribution in [2.75, 3.05) is 6.54 Å². The summed E-state index contributed by atoms with van der Waals surface area (Å²) in [4.78, 5) is 0. The normalized spacial score (nSPS) is 15.2. The average molecular weight is 281 g/mol. The van der Waals surface area contributed by atoms with E-state index in [2.05, 4.69) is 10.4 Å². The highest BCUT2D eigenvalue weighted by Gasteiger charge is 2.31. The zero-order valence-electron chi connectivity index (χ0n) is 11.0. The highest BCUT2D eigenvalue weighted by atomic mass is 19.4. The number of nitrogens with zero attached hydrogens (tertiary/aromatic N) is 2. The molecule has 6 heteroatoms. The number of aromatic nitrogens is 2. The van der Waals surface area contributed by atoms with Crippen LogP contribution >= 0.6 is 0 Å². The minimum atomic E-state index is -4.32. The second kappa shape index (κ2) is 4.63. The van der Waals surface area contributed by atoms with Gasteiger partial charge in [0.05, 0.1) is 17.0 Å². The molecule has 0 spiro atoms. The van der Waals surface area contributed by atoms with Crippen molar-refractivity contribution < 1.29 is 13.2 Å². The Kier molecular flexibility index (Phi) is 3.05. The van der Waals surface area contributed by atoms with E-state index in [0.29, 0.717) is 12.1 Å². The molecular formula is C14H14F3N3. The van der Waals surface area contributed by atoms with Crippen LogP contribution in [0.5, 0.6) is 0 Å². The Labute approximate surface area is 114 Å². The average Bonchev–Trinajstić information content (AvgIpc) is 2.73. The van der Waals surface area contributed by atoms with E-state index in [1.165, 1.54) is 12.1 Å². The number of aryl methyl sites for hydroxylation is 1. The van der Waals surface area contributed by atoms with Crippen LogP contribution < -0.4 is 5.32 Å². The van der Waals surface area contributed by atoms with E-state index in [0.717, 1.165) is 36.0 Å². The van der Waals surface area contributed by atoms with Crippen LogP contribution in [0.25, 0.3) is 11.3 Å². The van der Waals surface area contributed by atoms with Crippen molar-refractivity contribution in [2.24, 2.45) is 7.05 Å². The van der Waals surface area contributed by atoms with Gasteiger partial charge < -0.3 is 5.32 Å². The van der Waals surface area contributed by atoms with E-state index >= 15 is 0 Å². The van der Waals surface area contributed by atoms with E-state index in [4.69, 9.17) is 0 Å². The number of rotatable bonds is 1. The maximum Gasteiger partial charge on any atom is 0.416 e. The maximum absolute atomic E-state index is 12.8. The third kappa shape index (κ3) is 2.20. The lowest BCUT2D eigenvalue weighted by Gasteiger charge is -2.14. The largest absolute Gasteiger partial charge is 0.416 e. The van der Waals surface area contributed by atoms with Crippen LogP contribution in [0, 0.1) is 0 Å². The second-order valence-electron chi connectivity index (χ2n) is 4.90. The third-order valence-electron chi connectivity index (χ3n) is 3.54. The van der Waals surface area contributed by atoms with Gasteiger partial charge in [0.2, 0.25) is 0 Å². The van der Waals surface area contributed by atoms with Gasteiger partial charge in [0.25, 0.3) is 0 Å². The molecule has 1 aliphatic heterocycles. The molecule has 1 aromatic carbocycles. The van der Waals surface area contributed by atoms with Crippen molar-refractivity contribution in [3.63, 3.8) is 0 Å². The van der Waals surface area contributed by atoms with Gasteiger partial charge in [-0.1, -0.05) is 12.1 Å². The van der Waals surface area contributed by atoms with E-state index in [9.17, 15) is 13.2 Å². The van der Waals surface area contributed by atoms with E-state index in [1.54, 1.807) is 17.8 Å². The third-order valence-corrected chi connectivity index (χ3v) is 3.54. The molecule has 2 aromatic rings. The molecule has 0 atom stereocenters.